The molecule has 1 saturated carbocycles. The van der Waals surface area contributed by atoms with E-state index >= 15 is 0 Å². The maximum atomic E-state index is 4.71. The minimum atomic E-state index is 0. The fourth-order valence-corrected chi connectivity index (χ4v) is 3.15. The quantitative estimate of drug-likeness (QED) is 0.439. The lowest BCUT2D eigenvalue weighted by molar-refractivity contribution is 0.539. The lowest BCUT2D eigenvalue weighted by Crippen LogP contribution is -2.40. The van der Waals surface area contributed by atoms with E-state index < -0.39 is 0 Å². The van der Waals surface area contributed by atoms with Crippen molar-refractivity contribution in [1.82, 2.24) is 10.6 Å². The summed E-state index contributed by atoms with van der Waals surface area (Å²) >= 11 is 0. The van der Waals surface area contributed by atoms with Crippen LogP contribution >= 0.6 is 24.0 Å². The van der Waals surface area contributed by atoms with E-state index in [0.717, 1.165) is 31.5 Å². The third kappa shape index (κ3) is 4.86. The molecule has 3 rings (SSSR count). The molecule has 0 amide bonds. The summed E-state index contributed by atoms with van der Waals surface area (Å²) in [4.78, 5) is 4.71. The number of benzene rings is 1. The molecule has 2 N–H and O–H groups in total. The van der Waals surface area contributed by atoms with E-state index in [4.69, 9.17) is 4.99 Å². The second-order valence-corrected chi connectivity index (χ2v) is 6.33. The van der Waals surface area contributed by atoms with Gasteiger partial charge in [-0.3, -0.25) is 4.99 Å². The van der Waals surface area contributed by atoms with Gasteiger partial charge < -0.3 is 10.6 Å². The molecule has 3 nitrogen and oxygen atoms in total. The van der Waals surface area contributed by atoms with Crippen molar-refractivity contribution in [3.05, 3.63) is 35.4 Å². The van der Waals surface area contributed by atoms with Crippen LogP contribution in [0.2, 0.25) is 0 Å². The van der Waals surface area contributed by atoms with Crippen molar-refractivity contribution in [2.45, 2.75) is 44.9 Å². The molecule has 0 heterocycles. The Hall–Kier alpha value is -0.780. The Morgan fingerprint density at radius 1 is 1.18 bits per heavy atom. The largest absolute Gasteiger partial charge is 0.357 e. The molecular weight excluding hydrogens is 385 g/mol. The summed E-state index contributed by atoms with van der Waals surface area (Å²) < 4.78 is 0. The molecule has 1 unspecified atom stereocenters. The number of nitrogens with zero attached hydrogens (tertiary/aromatic N) is 1. The van der Waals surface area contributed by atoms with Gasteiger partial charge in [-0.2, -0.15) is 0 Å². The summed E-state index contributed by atoms with van der Waals surface area (Å²) in [5, 5.41) is 6.92. The molecule has 1 aromatic rings. The molecule has 0 bridgehead atoms. The topological polar surface area (TPSA) is 36.4 Å². The molecule has 0 aromatic heterocycles. The molecule has 1 atom stereocenters. The van der Waals surface area contributed by atoms with E-state index in [1.807, 2.05) is 0 Å². The smallest absolute Gasteiger partial charge is 0.191 e. The Balaban J connectivity index is 0.00000176. The van der Waals surface area contributed by atoms with Crippen LogP contribution in [0.1, 0.15) is 49.7 Å². The minimum Gasteiger partial charge on any atom is -0.357 e. The summed E-state index contributed by atoms with van der Waals surface area (Å²) in [6.45, 7) is 5.03. The molecule has 1 fully saturated rings. The molecule has 22 heavy (non-hydrogen) atoms. The summed E-state index contributed by atoms with van der Waals surface area (Å²) in [5.41, 5.74) is 3.07. The Labute approximate surface area is 151 Å². The van der Waals surface area contributed by atoms with Crippen LogP contribution in [-0.4, -0.2) is 25.6 Å². The van der Waals surface area contributed by atoms with Crippen LogP contribution in [-0.2, 0) is 6.42 Å². The predicted molar refractivity (Wildman–Crippen MR) is 104 cm³/mol. The van der Waals surface area contributed by atoms with Gasteiger partial charge in [-0.25, -0.2) is 0 Å². The SMILES string of the molecule is CCNC(=NCC1CC1)NCC1CCCc2ccccc21.I. The van der Waals surface area contributed by atoms with Crippen molar-refractivity contribution in [3.8, 4) is 0 Å². The van der Waals surface area contributed by atoms with Crippen LogP contribution in [0.3, 0.4) is 0 Å². The highest BCUT2D eigenvalue weighted by atomic mass is 127. The number of guanidine groups is 1. The summed E-state index contributed by atoms with van der Waals surface area (Å²) in [5.74, 6) is 2.46. The van der Waals surface area contributed by atoms with Crippen LogP contribution in [0.15, 0.2) is 29.3 Å². The van der Waals surface area contributed by atoms with Crippen LogP contribution in [0.4, 0.5) is 0 Å². The van der Waals surface area contributed by atoms with Gasteiger partial charge >= 0.3 is 0 Å². The Bertz CT molecular complexity index is 497. The monoisotopic (exact) mass is 413 g/mol. The highest BCUT2D eigenvalue weighted by Gasteiger charge is 2.22. The van der Waals surface area contributed by atoms with Crippen LogP contribution in [0.5, 0.6) is 0 Å². The Kier molecular flexibility index (Phi) is 6.99. The number of aryl methyl sites for hydroxylation is 1. The zero-order valence-corrected chi connectivity index (χ0v) is 15.8. The molecule has 0 radical (unpaired) electrons. The molecule has 0 aliphatic heterocycles. The number of nitrogens with one attached hydrogen (secondary N) is 2. The van der Waals surface area contributed by atoms with Crippen LogP contribution < -0.4 is 10.6 Å². The van der Waals surface area contributed by atoms with E-state index in [1.54, 1.807) is 0 Å². The molecule has 122 valence electrons. The van der Waals surface area contributed by atoms with Crippen molar-refractivity contribution < 1.29 is 0 Å². The van der Waals surface area contributed by atoms with E-state index in [0.29, 0.717) is 5.92 Å². The maximum Gasteiger partial charge on any atom is 0.191 e. The first-order valence-electron chi connectivity index (χ1n) is 8.46. The van der Waals surface area contributed by atoms with Gasteiger partial charge in [-0.1, -0.05) is 24.3 Å². The van der Waals surface area contributed by atoms with E-state index in [-0.39, 0.29) is 24.0 Å². The number of rotatable bonds is 5. The van der Waals surface area contributed by atoms with E-state index in [9.17, 15) is 0 Å². The number of fused-ring (bicyclic) bond motifs is 1. The fraction of sp³-hybridized carbons (Fsp3) is 0.611. The predicted octanol–water partition coefficient (Wildman–Crippen LogP) is 3.69. The van der Waals surface area contributed by atoms with Gasteiger partial charge in [0.05, 0.1) is 0 Å². The van der Waals surface area contributed by atoms with Crippen molar-refractivity contribution in [2.24, 2.45) is 10.9 Å². The molecule has 4 heteroatoms. The second kappa shape index (κ2) is 8.75. The van der Waals surface area contributed by atoms with E-state index in [1.165, 1.54) is 43.2 Å². The van der Waals surface area contributed by atoms with Gasteiger partial charge in [0.25, 0.3) is 0 Å². The summed E-state index contributed by atoms with van der Waals surface area (Å²) in [6, 6.07) is 8.92. The first kappa shape index (κ1) is 17.6. The third-order valence-electron chi connectivity index (χ3n) is 4.56. The van der Waals surface area contributed by atoms with Crippen LogP contribution in [0, 0.1) is 5.92 Å². The lowest BCUT2D eigenvalue weighted by Gasteiger charge is -2.26. The summed E-state index contributed by atoms with van der Waals surface area (Å²) in [6.07, 6.45) is 6.55. The highest BCUT2D eigenvalue weighted by molar-refractivity contribution is 14.0. The van der Waals surface area contributed by atoms with Crippen LogP contribution in [0.25, 0.3) is 0 Å². The van der Waals surface area contributed by atoms with Gasteiger partial charge in [-0.05, 0) is 56.1 Å². The maximum absolute atomic E-state index is 4.71. The second-order valence-electron chi connectivity index (χ2n) is 6.33. The molecule has 2 aliphatic rings. The summed E-state index contributed by atoms with van der Waals surface area (Å²) in [7, 11) is 0. The first-order chi connectivity index (χ1) is 10.4. The van der Waals surface area contributed by atoms with Gasteiger partial charge in [0.15, 0.2) is 5.96 Å². The molecule has 0 spiro atoms. The lowest BCUT2D eigenvalue weighted by atomic mass is 9.83. The minimum absolute atomic E-state index is 0. The first-order valence-corrected chi connectivity index (χ1v) is 8.46. The number of halogens is 1. The number of aliphatic imine (C=N–C) groups is 1. The zero-order valence-electron chi connectivity index (χ0n) is 13.5. The fourth-order valence-electron chi connectivity index (χ4n) is 3.15. The number of hydrogen-bond donors (Lipinski definition) is 2. The molecule has 0 saturated heterocycles. The van der Waals surface area contributed by atoms with Crippen molar-refractivity contribution in [1.29, 1.82) is 0 Å². The van der Waals surface area contributed by atoms with Gasteiger partial charge in [0.2, 0.25) is 0 Å². The molecule has 2 aliphatic carbocycles. The van der Waals surface area contributed by atoms with E-state index in [2.05, 4.69) is 41.8 Å². The standard InChI is InChI=1S/C18H27N3.HI/c1-2-19-18(20-12-14-10-11-14)21-13-16-8-5-7-15-6-3-4-9-17(15)16;/h3-4,6,9,14,16H,2,5,7-8,10-13H2,1H3,(H2,19,20,21);1H. The number of hydrogen-bond acceptors (Lipinski definition) is 1. The van der Waals surface area contributed by atoms with Gasteiger partial charge in [0, 0.05) is 25.6 Å². The van der Waals surface area contributed by atoms with Crippen molar-refractivity contribution in [3.63, 3.8) is 0 Å². The normalized spacial score (nSPS) is 20.8. The molecule has 1 aromatic carbocycles. The average molecular weight is 413 g/mol. The van der Waals surface area contributed by atoms with Crippen molar-refractivity contribution >= 4 is 29.9 Å². The Morgan fingerprint density at radius 2 is 2.00 bits per heavy atom. The third-order valence-corrected chi connectivity index (χ3v) is 4.56. The Morgan fingerprint density at radius 3 is 2.77 bits per heavy atom. The average Bonchev–Trinajstić information content (AvgIpc) is 3.34. The highest BCUT2D eigenvalue weighted by Crippen LogP contribution is 2.31. The zero-order chi connectivity index (χ0) is 14.5. The van der Waals surface area contributed by atoms with Crippen molar-refractivity contribution in [2.75, 3.05) is 19.6 Å². The van der Waals surface area contributed by atoms with Gasteiger partial charge in [-0.15, -0.1) is 24.0 Å². The molecular formula is C18H28IN3. The van der Waals surface area contributed by atoms with Gasteiger partial charge in [0.1, 0.15) is 0 Å².